The number of allylic oxidation sites excluding steroid dienone is 4. The quantitative estimate of drug-likeness (QED) is 0.126. The number of aromatic nitrogens is 1. The number of hydrogen-bond acceptors (Lipinski definition) is 1. The molecule has 1 heterocycles. The second-order valence-electron chi connectivity index (χ2n) is 19.2. The first-order valence-electron chi connectivity index (χ1n) is 24.4. The Hall–Kier alpha value is -6.90. The van der Waals surface area contributed by atoms with Crippen molar-refractivity contribution in [2.24, 2.45) is 7.05 Å². The number of fused-ring (bicyclic) bond motifs is 8. The van der Waals surface area contributed by atoms with Gasteiger partial charge in [0.15, 0.2) is 0 Å². The van der Waals surface area contributed by atoms with Crippen LogP contribution in [0.3, 0.4) is 0 Å². The molecule has 0 fully saturated rings. The van der Waals surface area contributed by atoms with Gasteiger partial charge in [0.25, 0.3) is 0 Å². The van der Waals surface area contributed by atoms with Gasteiger partial charge in [-0.3, -0.25) is 0 Å². The minimum Gasteiger partial charge on any atom is -0.344 e. The Morgan fingerprint density at radius 3 is 1.95 bits per heavy atom. The first kappa shape index (κ1) is 41.8. The van der Waals surface area contributed by atoms with Crippen LogP contribution < -0.4 is 4.90 Å². The van der Waals surface area contributed by atoms with Crippen molar-refractivity contribution in [2.45, 2.75) is 84.0 Å². The van der Waals surface area contributed by atoms with E-state index in [1.54, 1.807) is 0 Å². The van der Waals surface area contributed by atoms with Gasteiger partial charge < -0.3 is 9.47 Å². The van der Waals surface area contributed by atoms with Gasteiger partial charge in [-0.1, -0.05) is 160 Å². The molecule has 0 bridgehead atoms. The van der Waals surface area contributed by atoms with E-state index in [9.17, 15) is 0 Å². The first-order valence-corrected chi connectivity index (χ1v) is 24.4. The molecule has 66 heavy (non-hydrogen) atoms. The van der Waals surface area contributed by atoms with E-state index in [2.05, 4.69) is 233 Å². The van der Waals surface area contributed by atoms with Crippen molar-refractivity contribution in [3.05, 3.63) is 232 Å². The maximum absolute atomic E-state index is 2.61. The Bertz CT molecular complexity index is 3330. The van der Waals surface area contributed by atoms with Crippen molar-refractivity contribution < 1.29 is 0 Å². The van der Waals surface area contributed by atoms with Crippen molar-refractivity contribution in [1.82, 2.24) is 4.57 Å². The predicted molar refractivity (Wildman–Crippen MR) is 282 cm³/mol. The summed E-state index contributed by atoms with van der Waals surface area (Å²) < 4.78 is 2.33. The molecule has 2 aliphatic rings. The van der Waals surface area contributed by atoms with E-state index in [4.69, 9.17) is 0 Å². The molecule has 2 nitrogen and oxygen atoms in total. The third kappa shape index (κ3) is 6.92. The van der Waals surface area contributed by atoms with E-state index in [0.717, 1.165) is 32.1 Å². The lowest BCUT2D eigenvalue weighted by atomic mass is 9.73. The van der Waals surface area contributed by atoms with Crippen molar-refractivity contribution >= 4 is 49.6 Å². The molecular formula is C64H60N2. The van der Waals surface area contributed by atoms with Crippen molar-refractivity contribution in [2.75, 3.05) is 4.90 Å². The second-order valence-corrected chi connectivity index (χ2v) is 19.2. The average molecular weight is 857 g/mol. The molecule has 2 unspecified atom stereocenters. The van der Waals surface area contributed by atoms with E-state index in [1.165, 1.54) is 111 Å². The molecule has 8 aromatic carbocycles. The van der Waals surface area contributed by atoms with Gasteiger partial charge >= 0.3 is 0 Å². The molecule has 0 radical (unpaired) electrons. The minimum absolute atomic E-state index is 0.144. The predicted octanol–water partition coefficient (Wildman–Crippen LogP) is 17.2. The molecule has 0 saturated heterocycles. The number of aryl methyl sites for hydroxylation is 4. The number of anilines is 3. The van der Waals surface area contributed by atoms with Crippen LogP contribution in [0.25, 0.3) is 43.7 Å². The van der Waals surface area contributed by atoms with Gasteiger partial charge in [0.05, 0.1) is 5.69 Å². The van der Waals surface area contributed by atoms with E-state index in [0.29, 0.717) is 5.92 Å². The summed E-state index contributed by atoms with van der Waals surface area (Å²) in [6, 6.07) is 61.2. The molecule has 0 amide bonds. The average Bonchev–Trinajstić information content (AvgIpc) is 3.80. The molecule has 9 aromatic rings. The van der Waals surface area contributed by atoms with Gasteiger partial charge in [0.2, 0.25) is 0 Å². The summed E-state index contributed by atoms with van der Waals surface area (Å²) in [5.74, 6) is 0.683. The van der Waals surface area contributed by atoms with Gasteiger partial charge in [-0.05, 0) is 155 Å². The summed E-state index contributed by atoms with van der Waals surface area (Å²) in [5, 5.41) is 5.15. The Labute approximate surface area is 391 Å². The molecule has 326 valence electrons. The summed E-state index contributed by atoms with van der Waals surface area (Å²) in [5.41, 5.74) is 21.1. The second kappa shape index (κ2) is 16.8. The van der Waals surface area contributed by atoms with Crippen LogP contribution in [-0.4, -0.2) is 4.57 Å². The molecule has 2 atom stereocenters. The van der Waals surface area contributed by atoms with Crippen molar-refractivity contribution in [3.63, 3.8) is 0 Å². The largest absolute Gasteiger partial charge is 0.344 e. The van der Waals surface area contributed by atoms with Gasteiger partial charge in [-0.25, -0.2) is 0 Å². The third-order valence-electron chi connectivity index (χ3n) is 15.5. The standard InChI is InChI=1S/C64H60N2/c1-7-44-23-26-48(27-24-44)56(49-30-28-47(29-31-49)46-17-11-10-12-18-46)38-45-25-33-55-58(39-45)64(8-2,9-3)59-41-62(52-19-13-14-21-54(52)63(55)59)66(51-36-42(4)35-43(5)37-51)50-32-34-61-57(40-50)53-20-15-16-22-60(53)65(61)6/h10-17,19-37,39-41,46,56H,7-9,18,38H2,1-6H3. The van der Waals surface area contributed by atoms with Gasteiger partial charge in [-0.2, -0.15) is 0 Å². The fourth-order valence-corrected chi connectivity index (χ4v) is 12.0. The Kier molecular flexibility index (Phi) is 10.7. The maximum Gasteiger partial charge on any atom is 0.0543 e. The highest BCUT2D eigenvalue weighted by molar-refractivity contribution is 6.12. The lowest BCUT2D eigenvalue weighted by Crippen LogP contribution is -2.24. The molecule has 2 aliphatic carbocycles. The van der Waals surface area contributed by atoms with Crippen molar-refractivity contribution in [1.29, 1.82) is 0 Å². The summed E-state index contributed by atoms with van der Waals surface area (Å²) in [6.45, 7) is 11.5. The number of para-hydroxylation sites is 1. The van der Waals surface area contributed by atoms with E-state index >= 15 is 0 Å². The normalized spacial score (nSPS) is 15.4. The molecule has 0 N–H and O–H groups in total. The minimum atomic E-state index is -0.144. The SMILES string of the molecule is CCc1ccc(C(Cc2ccc3c(c2)C(CC)(CC)c2cc(N(c4cc(C)cc(C)c4)c4ccc5c(c4)c4ccccc4n5C)c4ccccc4c2-3)c2ccc(C3C=CC=CC3)cc2)cc1. The summed E-state index contributed by atoms with van der Waals surface area (Å²) in [4.78, 5) is 2.55. The van der Waals surface area contributed by atoms with Gasteiger partial charge in [0.1, 0.15) is 0 Å². The van der Waals surface area contributed by atoms with E-state index in [-0.39, 0.29) is 11.3 Å². The Morgan fingerprint density at radius 2 is 1.26 bits per heavy atom. The zero-order valence-corrected chi connectivity index (χ0v) is 39.4. The third-order valence-corrected chi connectivity index (χ3v) is 15.5. The number of rotatable bonds is 11. The fourth-order valence-electron chi connectivity index (χ4n) is 12.0. The van der Waals surface area contributed by atoms with Crippen LogP contribution in [0.5, 0.6) is 0 Å². The molecule has 2 heteroatoms. The summed E-state index contributed by atoms with van der Waals surface area (Å²) >= 11 is 0. The molecular weight excluding hydrogens is 797 g/mol. The highest BCUT2D eigenvalue weighted by Crippen LogP contribution is 2.58. The van der Waals surface area contributed by atoms with E-state index in [1.807, 2.05) is 0 Å². The fraction of sp³-hybridized carbons (Fsp3) is 0.219. The molecule has 0 aliphatic heterocycles. The van der Waals surface area contributed by atoms with Crippen molar-refractivity contribution in [3.8, 4) is 11.1 Å². The molecule has 0 spiro atoms. The zero-order valence-electron chi connectivity index (χ0n) is 39.4. The number of hydrogen-bond donors (Lipinski definition) is 0. The molecule has 1 aromatic heterocycles. The van der Waals surface area contributed by atoms with Crippen LogP contribution in [0.15, 0.2) is 182 Å². The van der Waals surface area contributed by atoms with Crippen LogP contribution >= 0.6 is 0 Å². The first-order chi connectivity index (χ1) is 32.3. The van der Waals surface area contributed by atoms with Crippen LogP contribution in [-0.2, 0) is 25.3 Å². The van der Waals surface area contributed by atoms with E-state index < -0.39 is 0 Å². The summed E-state index contributed by atoms with van der Waals surface area (Å²) in [7, 11) is 2.19. The highest BCUT2D eigenvalue weighted by atomic mass is 15.1. The number of benzene rings is 8. The van der Waals surface area contributed by atoms with Crippen LogP contribution in [0.2, 0.25) is 0 Å². The monoisotopic (exact) mass is 856 g/mol. The Morgan fingerprint density at radius 1 is 0.591 bits per heavy atom. The smallest absolute Gasteiger partial charge is 0.0543 e. The van der Waals surface area contributed by atoms with Crippen LogP contribution in [0, 0.1) is 13.8 Å². The lowest BCUT2D eigenvalue weighted by molar-refractivity contribution is 0.490. The number of nitrogens with zero attached hydrogens (tertiary/aromatic N) is 2. The Balaban J connectivity index is 1.06. The van der Waals surface area contributed by atoms with Crippen LogP contribution in [0.4, 0.5) is 17.1 Å². The summed E-state index contributed by atoms with van der Waals surface area (Å²) in [6.07, 6.45) is 14.1. The maximum atomic E-state index is 2.61. The van der Waals surface area contributed by atoms with Gasteiger partial charge in [0, 0.05) is 62.9 Å². The highest BCUT2D eigenvalue weighted by Gasteiger charge is 2.42. The zero-order chi connectivity index (χ0) is 45.1. The lowest BCUT2D eigenvalue weighted by Gasteiger charge is -2.33. The topological polar surface area (TPSA) is 8.17 Å². The molecule has 0 saturated carbocycles. The van der Waals surface area contributed by atoms with Gasteiger partial charge in [-0.15, -0.1) is 0 Å². The molecule has 11 rings (SSSR count). The van der Waals surface area contributed by atoms with Crippen LogP contribution in [0.1, 0.15) is 102 Å².